The highest BCUT2D eigenvalue weighted by atomic mass is 33.1. The predicted molar refractivity (Wildman–Crippen MR) is 144 cm³/mol. The monoisotopic (exact) mass is 472 g/mol. The SMILES string of the molecule is C.C=CC(O)(C=C)c1ccccc1.C=CCOC(C=C)(C=C)c1ccccc1.S=S=S. The van der Waals surface area contributed by atoms with Gasteiger partial charge in [-0.05, 0) is 11.1 Å². The fourth-order valence-electron chi connectivity index (χ4n) is 2.44. The molecule has 1 N–H and O–H groups in total. The van der Waals surface area contributed by atoms with Crippen LogP contribution < -0.4 is 0 Å². The van der Waals surface area contributed by atoms with Crippen LogP contribution in [-0.4, -0.2) is 11.7 Å². The molecule has 0 unspecified atom stereocenters. The summed E-state index contributed by atoms with van der Waals surface area (Å²) in [7, 11) is 0.917. The molecule has 0 aromatic heterocycles. The van der Waals surface area contributed by atoms with Crippen molar-refractivity contribution in [2.24, 2.45) is 0 Å². The summed E-state index contributed by atoms with van der Waals surface area (Å²) in [5.74, 6) is 0. The van der Waals surface area contributed by atoms with E-state index in [1.165, 1.54) is 12.2 Å². The zero-order valence-electron chi connectivity index (χ0n) is 17.0. The van der Waals surface area contributed by atoms with Gasteiger partial charge in [-0.25, -0.2) is 0 Å². The van der Waals surface area contributed by atoms with Gasteiger partial charge in [-0.3, -0.25) is 0 Å². The molecule has 2 aromatic rings. The molecule has 2 aromatic carbocycles. The maximum absolute atomic E-state index is 9.86. The van der Waals surface area contributed by atoms with Gasteiger partial charge in [0.2, 0.25) is 0 Å². The average Bonchev–Trinajstić information content (AvgIpc) is 2.82. The fourth-order valence-corrected chi connectivity index (χ4v) is 2.44. The van der Waals surface area contributed by atoms with Gasteiger partial charge in [0.15, 0.2) is 0 Å². The summed E-state index contributed by atoms with van der Waals surface area (Å²) in [6.07, 6.45) is 8.15. The van der Waals surface area contributed by atoms with E-state index in [-0.39, 0.29) is 7.43 Å². The lowest BCUT2D eigenvalue weighted by Crippen LogP contribution is -2.24. The Labute approximate surface area is 200 Å². The molecular formula is C26H32O2S3. The van der Waals surface area contributed by atoms with E-state index in [0.717, 1.165) is 20.0 Å². The molecule has 0 saturated carbocycles. The summed E-state index contributed by atoms with van der Waals surface area (Å²) in [6, 6.07) is 19.2. The zero-order valence-corrected chi connectivity index (χ0v) is 19.4. The summed E-state index contributed by atoms with van der Waals surface area (Å²) in [5, 5.41) is 9.86. The number of aliphatic hydroxyl groups is 1. The second kappa shape index (κ2) is 17.4. The molecule has 5 heteroatoms. The smallest absolute Gasteiger partial charge is 0.129 e. The van der Waals surface area contributed by atoms with Crippen molar-refractivity contribution in [3.63, 3.8) is 0 Å². The molecule has 0 amide bonds. The Morgan fingerprint density at radius 1 is 0.774 bits per heavy atom. The van der Waals surface area contributed by atoms with Crippen molar-refractivity contribution in [1.29, 1.82) is 0 Å². The van der Waals surface area contributed by atoms with Crippen molar-refractivity contribution in [3.05, 3.63) is 135 Å². The van der Waals surface area contributed by atoms with Crippen molar-refractivity contribution in [2.75, 3.05) is 6.61 Å². The van der Waals surface area contributed by atoms with Crippen LogP contribution in [-0.2, 0) is 47.2 Å². The Bertz CT molecular complexity index is 823. The van der Waals surface area contributed by atoms with Crippen LogP contribution >= 0.6 is 0 Å². The molecule has 0 spiro atoms. The van der Waals surface area contributed by atoms with Gasteiger partial charge >= 0.3 is 0 Å². The number of hydrogen-bond acceptors (Lipinski definition) is 4. The van der Waals surface area contributed by atoms with Crippen molar-refractivity contribution < 1.29 is 9.84 Å². The van der Waals surface area contributed by atoms with Crippen molar-refractivity contribution in [2.45, 2.75) is 18.6 Å². The second-order valence-corrected chi connectivity index (χ2v) is 7.60. The van der Waals surface area contributed by atoms with Crippen LogP contribution in [0, 0.1) is 0 Å². The van der Waals surface area contributed by atoms with E-state index in [9.17, 15) is 5.11 Å². The van der Waals surface area contributed by atoms with Gasteiger partial charge < -0.3 is 9.84 Å². The van der Waals surface area contributed by atoms with Crippen LogP contribution in [0.15, 0.2) is 124 Å². The molecule has 2 nitrogen and oxygen atoms in total. The van der Waals surface area contributed by atoms with Gasteiger partial charge in [0.25, 0.3) is 0 Å². The Kier molecular flexibility index (Phi) is 17.4. The number of benzene rings is 2. The van der Waals surface area contributed by atoms with Gasteiger partial charge in [-0.2, -0.15) is 0 Å². The van der Waals surface area contributed by atoms with E-state index in [1.807, 2.05) is 60.7 Å². The first-order chi connectivity index (χ1) is 14.4. The minimum absolute atomic E-state index is 0. The second-order valence-electron chi connectivity index (χ2n) is 5.83. The quantitative estimate of drug-likeness (QED) is 0.432. The van der Waals surface area contributed by atoms with E-state index in [2.05, 4.69) is 55.3 Å². The molecule has 0 fully saturated rings. The van der Waals surface area contributed by atoms with E-state index in [0.29, 0.717) is 6.61 Å². The van der Waals surface area contributed by atoms with Crippen LogP contribution in [0.1, 0.15) is 18.6 Å². The molecule has 31 heavy (non-hydrogen) atoms. The highest BCUT2D eigenvalue weighted by molar-refractivity contribution is 8.37. The summed E-state index contributed by atoms with van der Waals surface area (Å²) >= 11 is 8.25. The average molecular weight is 473 g/mol. The van der Waals surface area contributed by atoms with E-state index < -0.39 is 11.2 Å². The van der Waals surface area contributed by atoms with E-state index >= 15 is 0 Å². The normalized spacial score (nSPS) is 9.71. The molecule has 166 valence electrons. The molecular weight excluding hydrogens is 440 g/mol. The van der Waals surface area contributed by atoms with Crippen molar-refractivity contribution in [3.8, 4) is 0 Å². The first kappa shape index (κ1) is 30.9. The molecule has 0 aliphatic carbocycles. The van der Waals surface area contributed by atoms with Crippen molar-refractivity contribution >= 4 is 31.3 Å². The van der Waals surface area contributed by atoms with Crippen LogP contribution in [0.5, 0.6) is 0 Å². The summed E-state index contributed by atoms with van der Waals surface area (Å²) in [6.45, 7) is 18.8. The third kappa shape index (κ3) is 10.0. The Morgan fingerprint density at radius 2 is 1.16 bits per heavy atom. The minimum Gasteiger partial charge on any atom is -0.377 e. The summed E-state index contributed by atoms with van der Waals surface area (Å²) in [5.41, 5.74) is 0.100. The van der Waals surface area contributed by atoms with Crippen LogP contribution in [0.3, 0.4) is 0 Å². The standard InChI is InChI=1S/C14H16O.C11H12O.CH4.S3/c1-4-12-15-14(5-2,6-3)13-10-8-7-9-11-13;1-3-11(12,4-2)10-8-6-5-7-9-10;;1-3-2/h4-11H,1-3,12H2;3-9,12H,1-2H2;1H4;. The molecule has 0 radical (unpaired) electrons. The van der Waals surface area contributed by atoms with Crippen molar-refractivity contribution in [1.82, 2.24) is 0 Å². The minimum atomic E-state index is -1.10. The maximum atomic E-state index is 9.86. The number of hydrogen-bond donors (Lipinski definition) is 1. The zero-order chi connectivity index (χ0) is 22.9. The largest absolute Gasteiger partial charge is 0.377 e. The third-order valence-corrected chi connectivity index (χ3v) is 4.13. The van der Waals surface area contributed by atoms with E-state index in [1.54, 1.807) is 18.2 Å². The lowest BCUT2D eigenvalue weighted by Gasteiger charge is -2.27. The molecule has 0 heterocycles. The van der Waals surface area contributed by atoms with Gasteiger partial charge in [-0.15, -0.1) is 6.58 Å². The van der Waals surface area contributed by atoms with Gasteiger partial charge in [0.1, 0.15) is 11.2 Å². The lowest BCUT2D eigenvalue weighted by molar-refractivity contribution is 0.0455. The maximum Gasteiger partial charge on any atom is 0.129 e. The summed E-state index contributed by atoms with van der Waals surface area (Å²) in [4.78, 5) is 0. The fraction of sp³-hybridized carbons (Fsp3) is 0.154. The Balaban J connectivity index is 0. The topological polar surface area (TPSA) is 29.5 Å². The molecule has 2 rings (SSSR count). The molecule has 0 atom stereocenters. The third-order valence-electron chi connectivity index (χ3n) is 4.13. The van der Waals surface area contributed by atoms with E-state index in [4.69, 9.17) is 4.74 Å². The van der Waals surface area contributed by atoms with Crippen LogP contribution in [0.2, 0.25) is 0 Å². The lowest BCUT2D eigenvalue weighted by atomic mass is 9.94. The molecule has 0 aliphatic heterocycles. The number of rotatable bonds is 9. The Morgan fingerprint density at radius 3 is 1.48 bits per heavy atom. The highest BCUT2D eigenvalue weighted by Gasteiger charge is 2.25. The molecule has 0 saturated heterocycles. The number of ether oxygens (including phenoxy) is 1. The highest BCUT2D eigenvalue weighted by Crippen LogP contribution is 2.28. The van der Waals surface area contributed by atoms with Gasteiger partial charge in [0.05, 0.1) is 6.61 Å². The first-order valence-electron chi connectivity index (χ1n) is 8.98. The van der Waals surface area contributed by atoms with Gasteiger partial charge in [0, 0.05) is 31.3 Å². The summed E-state index contributed by atoms with van der Waals surface area (Å²) < 4.78 is 5.71. The molecule has 0 aliphatic rings. The Hall–Kier alpha value is -2.28. The van der Waals surface area contributed by atoms with Crippen LogP contribution in [0.4, 0.5) is 0 Å². The molecule has 0 bridgehead atoms. The predicted octanol–water partition coefficient (Wildman–Crippen LogP) is 6.33. The first-order valence-corrected chi connectivity index (χ1v) is 11.6. The van der Waals surface area contributed by atoms with Crippen LogP contribution in [0.25, 0.3) is 0 Å². The van der Waals surface area contributed by atoms with Gasteiger partial charge in [-0.1, -0.05) is 125 Å².